The van der Waals surface area contributed by atoms with E-state index < -0.39 is 0 Å². The third kappa shape index (κ3) is 3.07. The smallest absolute Gasteiger partial charge is 0.137 e. The Labute approximate surface area is 123 Å². The molecule has 0 bridgehead atoms. The average Bonchev–Trinajstić information content (AvgIpc) is 2.91. The van der Waals surface area contributed by atoms with Gasteiger partial charge in [-0.2, -0.15) is 0 Å². The molecule has 0 saturated heterocycles. The van der Waals surface area contributed by atoms with Crippen molar-refractivity contribution in [3.63, 3.8) is 0 Å². The summed E-state index contributed by atoms with van der Waals surface area (Å²) in [6.07, 6.45) is 4.18. The number of halogens is 1. The van der Waals surface area contributed by atoms with Gasteiger partial charge in [0.15, 0.2) is 0 Å². The van der Waals surface area contributed by atoms with Gasteiger partial charge in [0, 0.05) is 24.4 Å². The summed E-state index contributed by atoms with van der Waals surface area (Å²) in [5.74, 6) is 0.736. The summed E-state index contributed by atoms with van der Waals surface area (Å²) in [5, 5.41) is 0. The quantitative estimate of drug-likeness (QED) is 0.530. The third-order valence-electron chi connectivity index (χ3n) is 3.17. The van der Waals surface area contributed by atoms with E-state index in [-0.39, 0.29) is 6.67 Å². The highest BCUT2D eigenvalue weighted by atomic mass is 19.1. The fourth-order valence-corrected chi connectivity index (χ4v) is 2.11. The van der Waals surface area contributed by atoms with Crippen molar-refractivity contribution in [1.29, 1.82) is 0 Å². The molecule has 0 amide bonds. The number of aromatic nitrogens is 2. The average molecular weight is 280 g/mol. The van der Waals surface area contributed by atoms with Gasteiger partial charge >= 0.3 is 0 Å². The van der Waals surface area contributed by atoms with Crippen LogP contribution in [-0.2, 0) is 0 Å². The second-order valence-corrected chi connectivity index (χ2v) is 4.77. The first kappa shape index (κ1) is 13.7. The molecule has 21 heavy (non-hydrogen) atoms. The number of fused-ring (bicyclic) bond motifs is 1. The molecule has 2 radical (unpaired) electrons. The molecule has 0 aliphatic carbocycles. The Bertz CT molecular complexity index is 740. The summed E-state index contributed by atoms with van der Waals surface area (Å²) in [4.78, 5) is 4.55. The molecule has 0 unspecified atom stereocenters. The largest absolute Gasteiger partial charge is 0.493 e. The zero-order valence-electron chi connectivity index (χ0n) is 11.5. The van der Waals surface area contributed by atoms with Gasteiger partial charge < -0.3 is 9.14 Å². The van der Waals surface area contributed by atoms with Crippen molar-refractivity contribution < 1.29 is 9.13 Å². The van der Waals surface area contributed by atoms with Crippen LogP contribution in [0.3, 0.4) is 0 Å². The van der Waals surface area contributed by atoms with Gasteiger partial charge in [-0.15, -0.1) is 0 Å². The molecule has 2 aromatic heterocycles. The van der Waals surface area contributed by atoms with E-state index in [1.54, 1.807) is 0 Å². The number of alkyl halides is 1. The molecule has 3 nitrogen and oxygen atoms in total. The molecule has 5 heteroatoms. The lowest BCUT2D eigenvalue weighted by Crippen LogP contribution is -2.03. The van der Waals surface area contributed by atoms with Gasteiger partial charge in [0.2, 0.25) is 0 Å². The van der Waals surface area contributed by atoms with Crippen LogP contribution in [0.5, 0.6) is 5.75 Å². The minimum atomic E-state index is -0.359. The SMILES string of the molecule is [B]c1ccc2nc(-c3ccc(OCCCF)cc3)cn2c1. The van der Waals surface area contributed by atoms with Gasteiger partial charge in [0.25, 0.3) is 0 Å². The zero-order valence-corrected chi connectivity index (χ0v) is 11.5. The van der Waals surface area contributed by atoms with Gasteiger partial charge in [-0.3, -0.25) is 4.39 Å². The molecule has 0 aliphatic heterocycles. The number of rotatable bonds is 5. The van der Waals surface area contributed by atoms with Crippen LogP contribution in [0, 0.1) is 0 Å². The topological polar surface area (TPSA) is 26.5 Å². The minimum Gasteiger partial charge on any atom is -0.493 e. The highest BCUT2D eigenvalue weighted by molar-refractivity contribution is 6.32. The van der Waals surface area contributed by atoms with Crippen molar-refractivity contribution in [2.45, 2.75) is 6.42 Å². The van der Waals surface area contributed by atoms with E-state index in [2.05, 4.69) is 4.98 Å². The lowest BCUT2D eigenvalue weighted by Gasteiger charge is -2.04. The number of pyridine rings is 1. The maximum absolute atomic E-state index is 12.0. The summed E-state index contributed by atoms with van der Waals surface area (Å²) >= 11 is 0. The normalized spacial score (nSPS) is 10.9. The van der Waals surface area contributed by atoms with E-state index in [1.165, 1.54) is 0 Å². The minimum absolute atomic E-state index is 0.359. The summed E-state index contributed by atoms with van der Waals surface area (Å²) < 4.78 is 19.3. The lowest BCUT2D eigenvalue weighted by atomic mass is 9.99. The van der Waals surface area contributed by atoms with E-state index in [0.29, 0.717) is 18.5 Å². The van der Waals surface area contributed by atoms with Crippen molar-refractivity contribution in [3.8, 4) is 17.0 Å². The van der Waals surface area contributed by atoms with Crippen LogP contribution in [0.25, 0.3) is 16.9 Å². The van der Waals surface area contributed by atoms with Crippen molar-refractivity contribution in [2.75, 3.05) is 13.3 Å². The Morgan fingerprint density at radius 3 is 2.67 bits per heavy atom. The number of ether oxygens (including phenoxy) is 1. The number of imidazole rings is 1. The predicted octanol–water partition coefficient (Wildman–Crippen LogP) is 2.53. The molecule has 0 aliphatic rings. The summed E-state index contributed by atoms with van der Waals surface area (Å²) in [6.45, 7) is 0.0337. The standard InChI is InChI=1S/C16H14BFN2O/c17-13-4-7-16-19-15(11-20(16)10-13)12-2-5-14(6-3-12)21-9-1-8-18/h2-7,10-11H,1,8-9H2. The number of hydrogen-bond donors (Lipinski definition) is 0. The molecule has 0 spiro atoms. The number of nitrogens with zero attached hydrogens (tertiary/aromatic N) is 2. The van der Waals surface area contributed by atoms with Crippen molar-refractivity contribution in [1.82, 2.24) is 9.38 Å². The van der Waals surface area contributed by atoms with Crippen LogP contribution in [0.2, 0.25) is 0 Å². The summed E-state index contributed by atoms with van der Waals surface area (Å²) in [7, 11) is 5.76. The zero-order chi connectivity index (χ0) is 14.7. The molecular weight excluding hydrogens is 266 g/mol. The van der Waals surface area contributed by atoms with Crippen molar-refractivity contribution >= 4 is 19.0 Å². The molecular formula is C16H14BFN2O. The fraction of sp³-hybridized carbons (Fsp3) is 0.188. The van der Waals surface area contributed by atoms with Crippen LogP contribution < -0.4 is 10.2 Å². The molecule has 0 fully saturated rings. The van der Waals surface area contributed by atoms with E-state index in [1.807, 2.05) is 53.2 Å². The summed E-state index contributed by atoms with van der Waals surface area (Å²) in [6, 6.07) is 11.3. The Morgan fingerprint density at radius 1 is 1.10 bits per heavy atom. The van der Waals surface area contributed by atoms with Gasteiger partial charge in [-0.05, 0) is 30.3 Å². The first-order chi connectivity index (χ1) is 10.3. The Morgan fingerprint density at radius 2 is 1.90 bits per heavy atom. The Balaban J connectivity index is 1.81. The van der Waals surface area contributed by atoms with Gasteiger partial charge in [-0.25, -0.2) is 4.98 Å². The highest BCUT2D eigenvalue weighted by Gasteiger charge is 2.04. The molecule has 104 valence electrons. The molecule has 0 N–H and O–H groups in total. The Hall–Kier alpha value is -2.30. The third-order valence-corrected chi connectivity index (χ3v) is 3.17. The van der Waals surface area contributed by atoms with Crippen LogP contribution in [0.1, 0.15) is 6.42 Å². The molecule has 3 rings (SSSR count). The summed E-state index contributed by atoms with van der Waals surface area (Å²) in [5.41, 5.74) is 3.41. The van der Waals surface area contributed by atoms with Crippen LogP contribution >= 0.6 is 0 Å². The van der Waals surface area contributed by atoms with Gasteiger partial charge in [-0.1, -0.05) is 11.5 Å². The Kier molecular flexibility index (Phi) is 3.91. The van der Waals surface area contributed by atoms with Crippen molar-refractivity contribution in [2.24, 2.45) is 0 Å². The second kappa shape index (κ2) is 6.00. The van der Waals surface area contributed by atoms with Crippen LogP contribution in [0.15, 0.2) is 48.8 Å². The number of hydrogen-bond acceptors (Lipinski definition) is 2. The second-order valence-electron chi connectivity index (χ2n) is 4.77. The van der Waals surface area contributed by atoms with Crippen LogP contribution in [-0.4, -0.2) is 30.5 Å². The highest BCUT2D eigenvalue weighted by Crippen LogP contribution is 2.22. The van der Waals surface area contributed by atoms with Gasteiger partial charge in [0.1, 0.15) is 19.2 Å². The first-order valence-electron chi connectivity index (χ1n) is 6.80. The van der Waals surface area contributed by atoms with E-state index in [4.69, 9.17) is 12.6 Å². The lowest BCUT2D eigenvalue weighted by molar-refractivity contribution is 0.289. The van der Waals surface area contributed by atoms with E-state index in [9.17, 15) is 4.39 Å². The first-order valence-corrected chi connectivity index (χ1v) is 6.80. The fourth-order valence-electron chi connectivity index (χ4n) is 2.11. The maximum atomic E-state index is 12.0. The molecule has 3 aromatic rings. The maximum Gasteiger partial charge on any atom is 0.137 e. The predicted molar refractivity (Wildman–Crippen MR) is 82.1 cm³/mol. The monoisotopic (exact) mass is 280 g/mol. The molecule has 1 aromatic carbocycles. The molecule has 0 atom stereocenters. The van der Waals surface area contributed by atoms with E-state index in [0.717, 1.165) is 22.7 Å². The number of benzene rings is 1. The van der Waals surface area contributed by atoms with Crippen molar-refractivity contribution in [3.05, 3.63) is 48.8 Å². The molecule has 0 saturated carbocycles. The van der Waals surface area contributed by atoms with Gasteiger partial charge in [0.05, 0.1) is 19.0 Å². The molecule has 2 heterocycles. The van der Waals surface area contributed by atoms with Crippen LogP contribution in [0.4, 0.5) is 4.39 Å². The van der Waals surface area contributed by atoms with E-state index >= 15 is 0 Å².